The standard InChI is InChI=1S/C14H17NO4S/c1-3-5-12-6-8-13(9-7-12)20(18,19)15(10-4-2)11-14(16)17/h2,6-9H,3,5,10-11H2,1H3,(H,16,17). The zero-order valence-electron chi connectivity index (χ0n) is 11.2. The van der Waals surface area contributed by atoms with Crippen molar-refractivity contribution in [2.24, 2.45) is 0 Å². The first kappa shape index (κ1) is 16.2. The molecule has 0 bridgehead atoms. The van der Waals surface area contributed by atoms with Gasteiger partial charge >= 0.3 is 5.97 Å². The number of carbonyl (C=O) groups is 1. The van der Waals surface area contributed by atoms with Gasteiger partial charge in [-0.25, -0.2) is 8.42 Å². The van der Waals surface area contributed by atoms with E-state index >= 15 is 0 Å². The second-order valence-electron chi connectivity index (χ2n) is 4.26. The van der Waals surface area contributed by atoms with Gasteiger partial charge in [-0.2, -0.15) is 4.31 Å². The lowest BCUT2D eigenvalue weighted by Gasteiger charge is -2.17. The van der Waals surface area contributed by atoms with E-state index in [0.29, 0.717) is 0 Å². The van der Waals surface area contributed by atoms with Crippen LogP contribution in [0.3, 0.4) is 0 Å². The molecule has 0 unspecified atom stereocenters. The zero-order chi connectivity index (χ0) is 15.2. The zero-order valence-corrected chi connectivity index (χ0v) is 12.1. The van der Waals surface area contributed by atoms with Crippen molar-refractivity contribution in [3.63, 3.8) is 0 Å². The van der Waals surface area contributed by atoms with E-state index in [1.807, 2.05) is 6.92 Å². The lowest BCUT2D eigenvalue weighted by Crippen LogP contribution is -2.35. The highest BCUT2D eigenvalue weighted by Gasteiger charge is 2.25. The van der Waals surface area contributed by atoms with Crippen LogP contribution in [0.1, 0.15) is 18.9 Å². The Morgan fingerprint density at radius 2 is 1.95 bits per heavy atom. The highest BCUT2D eigenvalue weighted by molar-refractivity contribution is 7.89. The van der Waals surface area contributed by atoms with Crippen molar-refractivity contribution in [2.45, 2.75) is 24.7 Å². The molecular formula is C14H17NO4S. The van der Waals surface area contributed by atoms with E-state index < -0.39 is 22.5 Å². The molecule has 0 amide bonds. The van der Waals surface area contributed by atoms with Crippen molar-refractivity contribution in [2.75, 3.05) is 13.1 Å². The predicted molar refractivity (Wildman–Crippen MR) is 75.7 cm³/mol. The molecular weight excluding hydrogens is 278 g/mol. The van der Waals surface area contributed by atoms with Crippen LogP contribution in [0.25, 0.3) is 0 Å². The van der Waals surface area contributed by atoms with Crippen molar-refractivity contribution < 1.29 is 18.3 Å². The Labute approximate surface area is 119 Å². The molecule has 0 radical (unpaired) electrons. The first-order valence-corrected chi connectivity index (χ1v) is 7.60. The summed E-state index contributed by atoms with van der Waals surface area (Å²) < 4.78 is 25.4. The van der Waals surface area contributed by atoms with E-state index in [9.17, 15) is 13.2 Å². The van der Waals surface area contributed by atoms with E-state index in [1.54, 1.807) is 12.1 Å². The summed E-state index contributed by atoms with van der Waals surface area (Å²) in [6, 6.07) is 6.41. The fourth-order valence-electron chi connectivity index (χ4n) is 1.74. The summed E-state index contributed by atoms with van der Waals surface area (Å²) in [4.78, 5) is 10.8. The van der Waals surface area contributed by atoms with Gasteiger partial charge in [-0.15, -0.1) is 6.42 Å². The van der Waals surface area contributed by atoms with Crippen LogP contribution in [0.15, 0.2) is 29.2 Å². The summed E-state index contributed by atoms with van der Waals surface area (Å²) in [5.74, 6) is 0.920. The predicted octanol–water partition coefficient (Wildman–Crippen LogP) is 1.35. The number of sulfonamides is 1. The second kappa shape index (κ2) is 7.08. The Kier molecular flexibility index (Phi) is 5.74. The monoisotopic (exact) mass is 295 g/mol. The number of carboxylic acids is 1. The van der Waals surface area contributed by atoms with Crippen LogP contribution in [0, 0.1) is 12.3 Å². The van der Waals surface area contributed by atoms with E-state index in [2.05, 4.69) is 5.92 Å². The normalized spacial score (nSPS) is 11.2. The maximum atomic E-state index is 12.3. The van der Waals surface area contributed by atoms with Gasteiger partial charge in [-0.1, -0.05) is 31.4 Å². The number of hydrogen-bond acceptors (Lipinski definition) is 3. The fraction of sp³-hybridized carbons (Fsp3) is 0.357. The summed E-state index contributed by atoms with van der Waals surface area (Å²) in [5, 5.41) is 8.76. The Balaban J connectivity index is 3.06. The van der Waals surface area contributed by atoms with E-state index in [0.717, 1.165) is 22.7 Å². The van der Waals surface area contributed by atoms with E-state index in [1.165, 1.54) is 12.1 Å². The average Bonchev–Trinajstić information content (AvgIpc) is 2.39. The summed E-state index contributed by atoms with van der Waals surface area (Å²) in [6.07, 6.45) is 6.93. The molecule has 0 saturated heterocycles. The molecule has 0 aromatic heterocycles. The molecule has 20 heavy (non-hydrogen) atoms. The molecule has 0 saturated carbocycles. The topological polar surface area (TPSA) is 74.7 Å². The number of aryl methyl sites for hydroxylation is 1. The maximum absolute atomic E-state index is 12.3. The number of hydrogen-bond donors (Lipinski definition) is 1. The SMILES string of the molecule is C#CCN(CC(=O)O)S(=O)(=O)c1ccc(CCC)cc1. The lowest BCUT2D eigenvalue weighted by atomic mass is 10.1. The minimum absolute atomic E-state index is 0.0499. The van der Waals surface area contributed by atoms with Gasteiger partial charge in [-0.05, 0) is 24.1 Å². The Morgan fingerprint density at radius 3 is 2.40 bits per heavy atom. The first-order chi connectivity index (χ1) is 9.41. The molecule has 0 aliphatic heterocycles. The smallest absolute Gasteiger partial charge is 0.318 e. The van der Waals surface area contributed by atoms with Crippen molar-refractivity contribution in [3.8, 4) is 12.3 Å². The summed E-state index contributed by atoms with van der Waals surface area (Å²) in [6.45, 7) is 1.11. The van der Waals surface area contributed by atoms with Gasteiger partial charge in [0.1, 0.15) is 6.54 Å². The molecule has 0 spiro atoms. The third-order valence-electron chi connectivity index (χ3n) is 2.68. The average molecular weight is 295 g/mol. The number of carboxylic acid groups (broad SMARTS) is 1. The fourth-order valence-corrected chi connectivity index (χ4v) is 3.05. The molecule has 6 heteroatoms. The van der Waals surface area contributed by atoms with Crippen LogP contribution in [0.4, 0.5) is 0 Å². The first-order valence-electron chi connectivity index (χ1n) is 6.16. The van der Waals surface area contributed by atoms with Crippen LogP contribution in [0.5, 0.6) is 0 Å². The van der Waals surface area contributed by atoms with Gasteiger partial charge in [0.2, 0.25) is 10.0 Å². The number of rotatable bonds is 7. The number of terminal acetylenes is 1. The molecule has 0 atom stereocenters. The van der Waals surface area contributed by atoms with Gasteiger partial charge in [0.05, 0.1) is 11.4 Å². The minimum atomic E-state index is -3.88. The largest absolute Gasteiger partial charge is 0.480 e. The molecule has 1 rings (SSSR count). The van der Waals surface area contributed by atoms with Gasteiger partial charge in [0.25, 0.3) is 0 Å². The van der Waals surface area contributed by atoms with Crippen LogP contribution in [-0.4, -0.2) is 36.9 Å². The van der Waals surface area contributed by atoms with Crippen LogP contribution < -0.4 is 0 Å². The summed E-state index contributed by atoms with van der Waals surface area (Å²) in [7, 11) is -3.88. The maximum Gasteiger partial charge on any atom is 0.318 e. The molecule has 1 N–H and O–H groups in total. The Hall–Kier alpha value is -1.84. The molecule has 0 aliphatic rings. The van der Waals surface area contributed by atoms with Crippen molar-refractivity contribution in [3.05, 3.63) is 29.8 Å². The molecule has 0 heterocycles. The van der Waals surface area contributed by atoms with E-state index in [-0.39, 0.29) is 11.4 Å². The molecule has 1 aromatic rings. The summed E-state index contributed by atoms with van der Waals surface area (Å²) in [5.41, 5.74) is 1.04. The molecule has 5 nitrogen and oxygen atoms in total. The van der Waals surface area contributed by atoms with Crippen LogP contribution in [0.2, 0.25) is 0 Å². The number of benzene rings is 1. The molecule has 0 fully saturated rings. The van der Waals surface area contributed by atoms with Crippen LogP contribution >= 0.6 is 0 Å². The summed E-state index contributed by atoms with van der Waals surface area (Å²) >= 11 is 0. The van der Waals surface area contributed by atoms with Crippen molar-refractivity contribution >= 4 is 16.0 Å². The lowest BCUT2D eigenvalue weighted by molar-refractivity contribution is -0.137. The number of aliphatic carboxylic acids is 1. The number of nitrogens with zero attached hydrogens (tertiary/aromatic N) is 1. The highest BCUT2D eigenvalue weighted by Crippen LogP contribution is 2.16. The third kappa shape index (κ3) is 4.08. The van der Waals surface area contributed by atoms with Crippen molar-refractivity contribution in [1.82, 2.24) is 4.31 Å². The Morgan fingerprint density at radius 1 is 1.35 bits per heavy atom. The minimum Gasteiger partial charge on any atom is -0.480 e. The second-order valence-corrected chi connectivity index (χ2v) is 6.20. The van der Waals surface area contributed by atoms with E-state index in [4.69, 9.17) is 11.5 Å². The van der Waals surface area contributed by atoms with Gasteiger partial charge in [-0.3, -0.25) is 4.79 Å². The molecule has 108 valence electrons. The van der Waals surface area contributed by atoms with Crippen LogP contribution in [-0.2, 0) is 21.2 Å². The van der Waals surface area contributed by atoms with Gasteiger partial charge in [0, 0.05) is 0 Å². The van der Waals surface area contributed by atoms with Crippen molar-refractivity contribution in [1.29, 1.82) is 0 Å². The highest BCUT2D eigenvalue weighted by atomic mass is 32.2. The Bertz CT molecular complexity index is 599. The van der Waals surface area contributed by atoms with Gasteiger partial charge < -0.3 is 5.11 Å². The quantitative estimate of drug-likeness (QED) is 0.770. The van der Waals surface area contributed by atoms with Gasteiger partial charge in [0.15, 0.2) is 0 Å². The molecule has 0 aliphatic carbocycles. The molecule has 1 aromatic carbocycles. The third-order valence-corrected chi connectivity index (χ3v) is 4.48.